The van der Waals surface area contributed by atoms with E-state index in [4.69, 9.17) is 5.73 Å². The van der Waals surface area contributed by atoms with Crippen molar-refractivity contribution in [3.8, 4) is 0 Å². The number of nitrogens with zero attached hydrogens (tertiary/aromatic N) is 1. The van der Waals surface area contributed by atoms with Crippen LogP contribution in [-0.4, -0.2) is 29.6 Å². The normalized spacial score (nSPS) is 22.3. The van der Waals surface area contributed by atoms with Crippen molar-refractivity contribution in [1.82, 2.24) is 10.2 Å². The fourth-order valence-electron chi connectivity index (χ4n) is 2.86. The van der Waals surface area contributed by atoms with Crippen molar-refractivity contribution in [2.45, 2.75) is 51.2 Å². The van der Waals surface area contributed by atoms with Crippen LogP contribution in [0.15, 0.2) is 30.3 Å². The van der Waals surface area contributed by atoms with Crippen molar-refractivity contribution in [2.24, 2.45) is 5.73 Å². The van der Waals surface area contributed by atoms with Gasteiger partial charge in [0.15, 0.2) is 0 Å². The number of nitrogens with one attached hydrogen (secondary N) is 1. The lowest BCUT2D eigenvalue weighted by atomic mass is 9.91. The molecule has 4 heteroatoms. The zero-order valence-corrected chi connectivity index (χ0v) is 12.2. The van der Waals surface area contributed by atoms with Crippen molar-refractivity contribution >= 4 is 6.03 Å². The summed E-state index contributed by atoms with van der Waals surface area (Å²) in [7, 11) is 0. The van der Waals surface area contributed by atoms with Crippen LogP contribution in [0.3, 0.4) is 0 Å². The Hall–Kier alpha value is -1.55. The molecule has 2 rings (SSSR count). The van der Waals surface area contributed by atoms with Crippen LogP contribution in [0.5, 0.6) is 0 Å². The number of urea groups is 1. The van der Waals surface area contributed by atoms with Gasteiger partial charge in [-0.15, -0.1) is 0 Å². The van der Waals surface area contributed by atoms with Crippen LogP contribution in [0, 0.1) is 0 Å². The van der Waals surface area contributed by atoms with Gasteiger partial charge in [0, 0.05) is 25.2 Å². The maximum absolute atomic E-state index is 12.3. The molecule has 1 fully saturated rings. The smallest absolute Gasteiger partial charge is 0.317 e. The van der Waals surface area contributed by atoms with E-state index in [0.29, 0.717) is 18.6 Å². The van der Waals surface area contributed by atoms with Gasteiger partial charge in [-0.05, 0) is 38.2 Å². The molecule has 0 unspecified atom stereocenters. The molecule has 0 saturated heterocycles. The standard InChI is InChI=1S/C16H25N3O/c1-2-19(15-10-8-14(17)9-11-15)16(20)18-12-13-6-4-3-5-7-13/h3-7,14-15H,2,8-12,17H2,1H3,(H,18,20). The van der Waals surface area contributed by atoms with Crippen LogP contribution in [0.1, 0.15) is 38.2 Å². The highest BCUT2D eigenvalue weighted by Crippen LogP contribution is 2.22. The second-order valence-corrected chi connectivity index (χ2v) is 5.50. The number of nitrogens with two attached hydrogens (primary N) is 1. The molecule has 1 saturated carbocycles. The van der Waals surface area contributed by atoms with Crippen molar-refractivity contribution in [1.29, 1.82) is 0 Å². The summed E-state index contributed by atoms with van der Waals surface area (Å²) < 4.78 is 0. The summed E-state index contributed by atoms with van der Waals surface area (Å²) >= 11 is 0. The molecular formula is C16H25N3O. The molecule has 0 radical (unpaired) electrons. The van der Waals surface area contributed by atoms with Gasteiger partial charge in [-0.1, -0.05) is 30.3 Å². The Balaban J connectivity index is 1.86. The molecule has 1 aromatic rings. The number of carbonyl (C=O) groups is 1. The molecule has 0 bridgehead atoms. The number of hydrogen-bond acceptors (Lipinski definition) is 2. The van der Waals surface area contributed by atoms with E-state index in [9.17, 15) is 4.79 Å². The Kier molecular flexibility index (Phi) is 5.41. The maximum Gasteiger partial charge on any atom is 0.317 e. The number of rotatable bonds is 4. The van der Waals surface area contributed by atoms with Crippen LogP contribution in [0.2, 0.25) is 0 Å². The SMILES string of the molecule is CCN(C(=O)NCc1ccccc1)C1CCC(N)CC1. The first-order chi connectivity index (χ1) is 9.70. The van der Waals surface area contributed by atoms with Crippen LogP contribution < -0.4 is 11.1 Å². The highest BCUT2D eigenvalue weighted by Gasteiger charge is 2.26. The average molecular weight is 275 g/mol. The van der Waals surface area contributed by atoms with E-state index in [-0.39, 0.29) is 6.03 Å². The highest BCUT2D eigenvalue weighted by atomic mass is 16.2. The van der Waals surface area contributed by atoms with Gasteiger partial charge >= 0.3 is 6.03 Å². The van der Waals surface area contributed by atoms with Crippen LogP contribution in [0.25, 0.3) is 0 Å². The third kappa shape index (κ3) is 3.97. The number of benzene rings is 1. The Morgan fingerprint density at radius 1 is 1.25 bits per heavy atom. The second-order valence-electron chi connectivity index (χ2n) is 5.50. The Morgan fingerprint density at radius 3 is 2.50 bits per heavy atom. The Bertz CT molecular complexity index is 413. The highest BCUT2D eigenvalue weighted by molar-refractivity contribution is 5.74. The minimum atomic E-state index is 0.0387. The molecule has 2 amide bonds. The van der Waals surface area contributed by atoms with Crippen LogP contribution in [0.4, 0.5) is 4.79 Å². The number of amides is 2. The first kappa shape index (κ1) is 14.9. The molecule has 3 N–H and O–H groups in total. The number of hydrogen-bond donors (Lipinski definition) is 2. The summed E-state index contributed by atoms with van der Waals surface area (Å²) in [5.74, 6) is 0. The van der Waals surface area contributed by atoms with E-state index in [2.05, 4.69) is 5.32 Å². The second kappa shape index (κ2) is 7.29. The van der Waals surface area contributed by atoms with Gasteiger partial charge in [0.1, 0.15) is 0 Å². The zero-order valence-electron chi connectivity index (χ0n) is 12.2. The monoisotopic (exact) mass is 275 g/mol. The van der Waals surface area contributed by atoms with E-state index < -0.39 is 0 Å². The Labute approximate surface area is 121 Å². The largest absolute Gasteiger partial charge is 0.334 e. The molecule has 1 aliphatic carbocycles. The molecule has 0 aromatic heterocycles. The molecule has 1 aliphatic rings. The van der Waals surface area contributed by atoms with Gasteiger partial charge in [0.05, 0.1) is 0 Å². The summed E-state index contributed by atoms with van der Waals surface area (Å²) in [6.45, 7) is 3.37. The van der Waals surface area contributed by atoms with Crippen molar-refractivity contribution < 1.29 is 4.79 Å². The summed E-state index contributed by atoms with van der Waals surface area (Å²) in [5, 5.41) is 3.01. The lowest BCUT2D eigenvalue weighted by Gasteiger charge is -2.35. The predicted octanol–water partition coefficient (Wildman–Crippen LogP) is 2.49. The molecule has 0 heterocycles. The summed E-state index contributed by atoms with van der Waals surface area (Å²) in [6.07, 6.45) is 4.09. The van der Waals surface area contributed by atoms with Crippen LogP contribution in [-0.2, 0) is 6.54 Å². The molecule has 20 heavy (non-hydrogen) atoms. The molecule has 110 valence electrons. The molecular weight excluding hydrogens is 250 g/mol. The zero-order chi connectivity index (χ0) is 14.4. The topological polar surface area (TPSA) is 58.4 Å². The molecule has 4 nitrogen and oxygen atoms in total. The molecule has 1 aromatic carbocycles. The molecule has 0 spiro atoms. The van der Waals surface area contributed by atoms with E-state index in [1.165, 1.54) is 0 Å². The molecule has 0 aliphatic heterocycles. The van der Waals surface area contributed by atoms with Crippen molar-refractivity contribution in [2.75, 3.05) is 6.54 Å². The van der Waals surface area contributed by atoms with Crippen molar-refractivity contribution in [3.63, 3.8) is 0 Å². The fraction of sp³-hybridized carbons (Fsp3) is 0.562. The minimum absolute atomic E-state index is 0.0387. The van der Waals surface area contributed by atoms with Crippen molar-refractivity contribution in [3.05, 3.63) is 35.9 Å². The summed E-state index contributed by atoms with van der Waals surface area (Å²) in [4.78, 5) is 14.3. The fourth-order valence-corrected chi connectivity index (χ4v) is 2.86. The maximum atomic E-state index is 12.3. The lowest BCUT2D eigenvalue weighted by molar-refractivity contribution is 0.155. The van der Waals surface area contributed by atoms with Gasteiger partial charge in [0.2, 0.25) is 0 Å². The third-order valence-corrected chi connectivity index (χ3v) is 4.07. The first-order valence-corrected chi connectivity index (χ1v) is 7.54. The summed E-state index contributed by atoms with van der Waals surface area (Å²) in [6, 6.07) is 10.7. The van der Waals surface area contributed by atoms with Crippen LogP contribution >= 0.6 is 0 Å². The van der Waals surface area contributed by atoms with E-state index in [1.54, 1.807) is 0 Å². The lowest BCUT2D eigenvalue weighted by Crippen LogP contribution is -2.48. The predicted molar refractivity (Wildman–Crippen MR) is 81.3 cm³/mol. The van der Waals surface area contributed by atoms with Gasteiger partial charge in [-0.3, -0.25) is 0 Å². The summed E-state index contributed by atoms with van der Waals surface area (Å²) in [5.41, 5.74) is 7.06. The van der Waals surface area contributed by atoms with E-state index in [0.717, 1.165) is 37.8 Å². The van der Waals surface area contributed by atoms with Gasteiger partial charge in [0.25, 0.3) is 0 Å². The Morgan fingerprint density at radius 2 is 1.90 bits per heavy atom. The third-order valence-electron chi connectivity index (χ3n) is 4.07. The van der Waals surface area contributed by atoms with Gasteiger partial charge in [-0.2, -0.15) is 0 Å². The van der Waals surface area contributed by atoms with E-state index >= 15 is 0 Å². The van der Waals surface area contributed by atoms with E-state index in [1.807, 2.05) is 42.2 Å². The average Bonchev–Trinajstić information content (AvgIpc) is 2.49. The first-order valence-electron chi connectivity index (χ1n) is 7.54. The van der Waals surface area contributed by atoms with Gasteiger partial charge < -0.3 is 16.0 Å². The molecule has 0 atom stereocenters. The quantitative estimate of drug-likeness (QED) is 0.887. The number of carbonyl (C=O) groups excluding carboxylic acids is 1. The minimum Gasteiger partial charge on any atom is -0.334 e. The van der Waals surface area contributed by atoms with Gasteiger partial charge in [-0.25, -0.2) is 4.79 Å².